The molecule has 3 N–H and O–H groups in total. The van der Waals surface area contributed by atoms with E-state index in [1.165, 1.54) is 11.8 Å². The summed E-state index contributed by atoms with van der Waals surface area (Å²) in [5, 5.41) is 5.95. The lowest BCUT2D eigenvalue weighted by Crippen LogP contribution is -2.36. The molecule has 0 bridgehead atoms. The van der Waals surface area contributed by atoms with Crippen molar-refractivity contribution >= 4 is 35.1 Å². The number of thioether (sulfide) groups is 1. The number of methoxy groups -OCH3 is 1. The average molecular weight is 431 g/mol. The SMILES string of the molecule is COc1ccc(NC(=O)CC2Cc3c(nc(SCCC(C)C)[nH]c3=O)NC2=O)cc1. The van der Waals surface area contributed by atoms with Crippen LogP contribution in [-0.4, -0.2) is 34.6 Å². The number of hydrogen-bond donors (Lipinski definition) is 3. The van der Waals surface area contributed by atoms with E-state index >= 15 is 0 Å². The van der Waals surface area contributed by atoms with E-state index in [-0.39, 0.29) is 30.2 Å². The van der Waals surface area contributed by atoms with Crippen LogP contribution in [-0.2, 0) is 16.0 Å². The lowest BCUT2D eigenvalue weighted by Gasteiger charge is -2.23. The van der Waals surface area contributed by atoms with Crippen molar-refractivity contribution in [1.82, 2.24) is 9.97 Å². The third-order valence-electron chi connectivity index (χ3n) is 4.80. The zero-order valence-electron chi connectivity index (χ0n) is 17.3. The van der Waals surface area contributed by atoms with Crippen molar-refractivity contribution in [3.8, 4) is 5.75 Å². The van der Waals surface area contributed by atoms with Crippen molar-refractivity contribution in [2.45, 2.75) is 38.3 Å². The summed E-state index contributed by atoms with van der Waals surface area (Å²) in [7, 11) is 1.57. The lowest BCUT2D eigenvalue weighted by molar-refractivity contribution is -0.125. The Balaban J connectivity index is 1.63. The van der Waals surface area contributed by atoms with Crippen LogP contribution >= 0.6 is 11.8 Å². The van der Waals surface area contributed by atoms with Crippen LogP contribution in [0.2, 0.25) is 0 Å². The summed E-state index contributed by atoms with van der Waals surface area (Å²) in [5.74, 6) is 1.15. The fraction of sp³-hybridized carbons (Fsp3) is 0.429. The molecule has 2 heterocycles. The van der Waals surface area contributed by atoms with Gasteiger partial charge in [0, 0.05) is 17.9 Å². The van der Waals surface area contributed by atoms with Crippen molar-refractivity contribution < 1.29 is 14.3 Å². The fourth-order valence-corrected chi connectivity index (χ4v) is 4.17. The molecule has 0 spiro atoms. The van der Waals surface area contributed by atoms with Crippen LogP contribution < -0.4 is 20.9 Å². The first-order chi connectivity index (χ1) is 14.4. The highest BCUT2D eigenvalue weighted by Gasteiger charge is 2.31. The fourth-order valence-electron chi connectivity index (χ4n) is 3.06. The molecule has 2 amide bonds. The summed E-state index contributed by atoms with van der Waals surface area (Å²) in [4.78, 5) is 44.5. The third-order valence-corrected chi connectivity index (χ3v) is 5.70. The van der Waals surface area contributed by atoms with E-state index in [1.54, 1.807) is 31.4 Å². The second kappa shape index (κ2) is 9.80. The Kier molecular flexibility index (Phi) is 7.15. The van der Waals surface area contributed by atoms with Gasteiger partial charge in [-0.05, 0) is 43.0 Å². The van der Waals surface area contributed by atoms with Gasteiger partial charge in [0.1, 0.15) is 11.6 Å². The molecule has 0 saturated heterocycles. The lowest BCUT2D eigenvalue weighted by atomic mass is 9.92. The van der Waals surface area contributed by atoms with Crippen LogP contribution in [0.25, 0.3) is 0 Å². The van der Waals surface area contributed by atoms with E-state index in [4.69, 9.17) is 4.74 Å². The van der Waals surface area contributed by atoms with Gasteiger partial charge in [0.05, 0.1) is 18.6 Å². The number of aromatic amines is 1. The Morgan fingerprint density at radius 1 is 1.30 bits per heavy atom. The van der Waals surface area contributed by atoms with Crippen molar-refractivity contribution in [3.05, 3.63) is 40.2 Å². The van der Waals surface area contributed by atoms with Crippen LogP contribution in [0.3, 0.4) is 0 Å². The minimum absolute atomic E-state index is 0.0262. The molecule has 1 unspecified atom stereocenters. The maximum atomic E-state index is 12.5. The Morgan fingerprint density at radius 3 is 2.70 bits per heavy atom. The normalized spacial score (nSPS) is 15.5. The molecule has 1 aliphatic heterocycles. The van der Waals surface area contributed by atoms with E-state index in [9.17, 15) is 14.4 Å². The summed E-state index contributed by atoms with van der Waals surface area (Å²) >= 11 is 1.46. The smallest absolute Gasteiger partial charge is 0.256 e. The van der Waals surface area contributed by atoms with Crippen LogP contribution in [0.4, 0.5) is 11.5 Å². The largest absolute Gasteiger partial charge is 0.497 e. The Hall–Kier alpha value is -2.81. The van der Waals surface area contributed by atoms with Gasteiger partial charge in [-0.15, -0.1) is 0 Å². The predicted molar refractivity (Wildman–Crippen MR) is 117 cm³/mol. The number of fused-ring (bicyclic) bond motifs is 1. The first-order valence-corrected chi connectivity index (χ1v) is 10.8. The number of rotatable bonds is 8. The van der Waals surface area contributed by atoms with Crippen LogP contribution in [0.5, 0.6) is 5.75 Å². The van der Waals surface area contributed by atoms with Crippen molar-refractivity contribution in [2.75, 3.05) is 23.5 Å². The summed E-state index contributed by atoms with van der Waals surface area (Å²) in [6, 6.07) is 6.92. The number of hydrogen-bond acceptors (Lipinski definition) is 6. The first-order valence-electron chi connectivity index (χ1n) is 9.86. The molecule has 9 heteroatoms. The summed E-state index contributed by atoms with van der Waals surface area (Å²) in [5.41, 5.74) is 0.748. The van der Waals surface area contributed by atoms with Gasteiger partial charge < -0.3 is 20.4 Å². The highest BCUT2D eigenvalue weighted by Crippen LogP contribution is 2.26. The number of amides is 2. The summed E-state index contributed by atoms with van der Waals surface area (Å²) < 4.78 is 5.09. The molecule has 8 nitrogen and oxygen atoms in total. The number of benzene rings is 1. The van der Waals surface area contributed by atoms with Gasteiger partial charge in [0.15, 0.2) is 5.16 Å². The van der Waals surface area contributed by atoms with Gasteiger partial charge >= 0.3 is 0 Å². The molecule has 1 atom stereocenters. The van der Waals surface area contributed by atoms with Crippen molar-refractivity contribution in [3.63, 3.8) is 0 Å². The highest BCUT2D eigenvalue weighted by atomic mass is 32.2. The molecule has 2 aromatic rings. The number of carbonyl (C=O) groups excluding carboxylic acids is 2. The van der Waals surface area contributed by atoms with Crippen LogP contribution in [0.15, 0.2) is 34.2 Å². The maximum absolute atomic E-state index is 12.5. The van der Waals surface area contributed by atoms with E-state index in [0.29, 0.717) is 33.9 Å². The second-order valence-corrected chi connectivity index (χ2v) is 8.68. The molecular weight excluding hydrogens is 404 g/mol. The molecule has 30 heavy (non-hydrogen) atoms. The van der Waals surface area contributed by atoms with E-state index in [0.717, 1.165) is 12.2 Å². The molecule has 0 aliphatic carbocycles. The summed E-state index contributed by atoms with van der Waals surface area (Å²) in [6.45, 7) is 4.27. The van der Waals surface area contributed by atoms with Crippen molar-refractivity contribution in [2.24, 2.45) is 11.8 Å². The zero-order chi connectivity index (χ0) is 21.7. The minimum Gasteiger partial charge on any atom is -0.497 e. The number of nitrogens with zero attached hydrogens (tertiary/aromatic N) is 1. The number of ether oxygens (including phenoxy) is 1. The van der Waals surface area contributed by atoms with Crippen molar-refractivity contribution in [1.29, 1.82) is 0 Å². The van der Waals surface area contributed by atoms with Crippen LogP contribution in [0, 0.1) is 11.8 Å². The number of H-pyrrole nitrogens is 1. The monoisotopic (exact) mass is 430 g/mol. The number of nitrogens with one attached hydrogen (secondary N) is 3. The molecule has 1 aliphatic rings. The maximum Gasteiger partial charge on any atom is 0.256 e. The van der Waals surface area contributed by atoms with Gasteiger partial charge in [-0.25, -0.2) is 4.98 Å². The van der Waals surface area contributed by atoms with Gasteiger partial charge in [0.25, 0.3) is 5.56 Å². The van der Waals surface area contributed by atoms with Gasteiger partial charge in [-0.1, -0.05) is 25.6 Å². The Labute approximate surface area is 179 Å². The molecule has 0 radical (unpaired) electrons. The molecule has 0 fully saturated rings. The van der Waals surface area contributed by atoms with Gasteiger partial charge in [0.2, 0.25) is 11.8 Å². The van der Waals surface area contributed by atoms with E-state index in [2.05, 4.69) is 34.4 Å². The van der Waals surface area contributed by atoms with E-state index in [1.807, 2.05) is 0 Å². The molecule has 0 saturated carbocycles. The van der Waals surface area contributed by atoms with E-state index < -0.39 is 5.92 Å². The zero-order valence-corrected chi connectivity index (χ0v) is 18.1. The second-order valence-electron chi connectivity index (χ2n) is 7.60. The molecular formula is C21H26N4O4S. The average Bonchev–Trinajstić information content (AvgIpc) is 2.69. The van der Waals surface area contributed by atoms with Gasteiger partial charge in [-0.2, -0.15) is 0 Å². The predicted octanol–water partition coefficient (Wildman–Crippen LogP) is 3.06. The number of aromatic nitrogens is 2. The minimum atomic E-state index is -0.627. The molecule has 1 aromatic carbocycles. The quantitative estimate of drug-likeness (QED) is 0.438. The third kappa shape index (κ3) is 5.63. The highest BCUT2D eigenvalue weighted by molar-refractivity contribution is 7.99. The number of anilines is 2. The standard InChI is InChI=1S/C21H26N4O4S/c1-12(2)8-9-30-21-24-18-16(20(28)25-21)10-13(19(27)23-18)11-17(26)22-14-4-6-15(29-3)7-5-14/h4-7,12-13H,8-11H2,1-3H3,(H,22,26)(H2,23,24,25,27,28). The summed E-state index contributed by atoms with van der Waals surface area (Å²) in [6.07, 6.45) is 1.15. The van der Waals surface area contributed by atoms with Crippen LogP contribution in [0.1, 0.15) is 32.3 Å². The number of carbonyl (C=O) groups is 2. The Bertz CT molecular complexity index is 972. The topological polar surface area (TPSA) is 113 Å². The molecule has 3 rings (SSSR count). The molecule has 160 valence electrons. The Morgan fingerprint density at radius 2 is 2.03 bits per heavy atom. The molecule has 1 aromatic heterocycles. The van der Waals surface area contributed by atoms with Gasteiger partial charge in [-0.3, -0.25) is 14.4 Å². The first kappa shape index (κ1) is 21.9.